The summed E-state index contributed by atoms with van der Waals surface area (Å²) >= 11 is 0. The van der Waals surface area contributed by atoms with Gasteiger partial charge in [0.25, 0.3) is 0 Å². The van der Waals surface area contributed by atoms with Crippen LogP contribution in [0.2, 0.25) is 0 Å². The number of nitrogens with zero attached hydrogens (tertiary/aromatic N) is 1. The molecular formula is C11H20N2O2S. The quantitative estimate of drug-likeness (QED) is 0.765. The van der Waals surface area contributed by atoms with Gasteiger partial charge in [-0.25, -0.2) is 12.7 Å². The maximum Gasteiger partial charge on any atom is 0.216 e. The SMILES string of the molecule is O=S(=O)(C1CCCC1)N1CC2CNCC2C1. The van der Waals surface area contributed by atoms with Crippen molar-refractivity contribution in [3.8, 4) is 0 Å². The zero-order chi connectivity index (χ0) is 11.2. The molecule has 1 aliphatic carbocycles. The molecular weight excluding hydrogens is 224 g/mol. The predicted molar refractivity (Wildman–Crippen MR) is 62.6 cm³/mol. The molecule has 2 heterocycles. The predicted octanol–water partition coefficient (Wildman–Crippen LogP) is 0.410. The molecule has 0 amide bonds. The van der Waals surface area contributed by atoms with E-state index in [2.05, 4.69) is 5.32 Å². The number of rotatable bonds is 2. The van der Waals surface area contributed by atoms with E-state index in [-0.39, 0.29) is 5.25 Å². The van der Waals surface area contributed by atoms with Gasteiger partial charge in [0.2, 0.25) is 10.0 Å². The standard InChI is InChI=1S/C11H20N2O2S/c14-16(15,11-3-1-2-4-11)13-7-9-5-12-6-10(9)8-13/h9-12H,1-8H2. The van der Waals surface area contributed by atoms with Crippen LogP contribution in [0.5, 0.6) is 0 Å². The van der Waals surface area contributed by atoms with Gasteiger partial charge in [-0.2, -0.15) is 0 Å². The minimum absolute atomic E-state index is 0.0701. The molecule has 4 nitrogen and oxygen atoms in total. The molecule has 1 N–H and O–H groups in total. The number of fused-ring (bicyclic) bond motifs is 1. The molecule has 0 aromatic rings. The second kappa shape index (κ2) is 3.96. The Balaban J connectivity index is 1.73. The maximum absolute atomic E-state index is 12.4. The van der Waals surface area contributed by atoms with Gasteiger partial charge in [0, 0.05) is 13.1 Å². The van der Waals surface area contributed by atoms with Crippen molar-refractivity contribution in [3.05, 3.63) is 0 Å². The lowest BCUT2D eigenvalue weighted by Gasteiger charge is -2.21. The molecule has 3 aliphatic rings. The Morgan fingerprint density at radius 3 is 2.12 bits per heavy atom. The third-order valence-corrected chi connectivity index (χ3v) is 6.77. The van der Waals surface area contributed by atoms with Crippen LogP contribution in [-0.4, -0.2) is 44.2 Å². The lowest BCUT2D eigenvalue weighted by atomic mass is 10.0. The molecule has 1 saturated carbocycles. The molecule has 5 heteroatoms. The van der Waals surface area contributed by atoms with Crippen LogP contribution >= 0.6 is 0 Å². The first-order chi connectivity index (χ1) is 7.68. The van der Waals surface area contributed by atoms with Crippen LogP contribution in [-0.2, 0) is 10.0 Å². The molecule has 0 aromatic carbocycles. The first-order valence-corrected chi connectivity index (χ1v) is 7.88. The second-order valence-electron chi connectivity index (χ2n) is 5.45. The van der Waals surface area contributed by atoms with E-state index in [1.54, 1.807) is 4.31 Å². The van der Waals surface area contributed by atoms with E-state index >= 15 is 0 Å². The largest absolute Gasteiger partial charge is 0.316 e. The van der Waals surface area contributed by atoms with Gasteiger partial charge in [0.15, 0.2) is 0 Å². The summed E-state index contributed by atoms with van der Waals surface area (Å²) in [5.41, 5.74) is 0. The highest BCUT2D eigenvalue weighted by atomic mass is 32.2. The van der Waals surface area contributed by atoms with E-state index in [0.29, 0.717) is 11.8 Å². The Labute approximate surface area is 97.4 Å². The fraction of sp³-hybridized carbons (Fsp3) is 1.00. The molecule has 2 unspecified atom stereocenters. The highest BCUT2D eigenvalue weighted by molar-refractivity contribution is 7.89. The third-order valence-electron chi connectivity index (χ3n) is 4.44. The summed E-state index contributed by atoms with van der Waals surface area (Å²) in [4.78, 5) is 0. The molecule has 16 heavy (non-hydrogen) atoms. The number of nitrogens with one attached hydrogen (secondary N) is 1. The Hall–Kier alpha value is -0.130. The van der Waals surface area contributed by atoms with Crippen molar-refractivity contribution in [2.45, 2.75) is 30.9 Å². The van der Waals surface area contributed by atoms with Crippen LogP contribution in [0.15, 0.2) is 0 Å². The first kappa shape index (κ1) is 11.0. The van der Waals surface area contributed by atoms with Crippen LogP contribution in [0.3, 0.4) is 0 Å². The molecule has 3 rings (SSSR count). The molecule has 3 fully saturated rings. The van der Waals surface area contributed by atoms with E-state index in [4.69, 9.17) is 0 Å². The van der Waals surface area contributed by atoms with Crippen LogP contribution in [0.25, 0.3) is 0 Å². The highest BCUT2D eigenvalue weighted by Crippen LogP contribution is 2.33. The minimum atomic E-state index is -2.97. The normalized spacial score (nSPS) is 37.0. The Bertz CT molecular complexity index is 350. The smallest absolute Gasteiger partial charge is 0.216 e. The second-order valence-corrected chi connectivity index (χ2v) is 7.66. The van der Waals surface area contributed by atoms with Crippen molar-refractivity contribution < 1.29 is 8.42 Å². The molecule has 2 aliphatic heterocycles. The highest BCUT2D eigenvalue weighted by Gasteiger charge is 2.43. The first-order valence-electron chi connectivity index (χ1n) is 6.37. The van der Waals surface area contributed by atoms with Crippen molar-refractivity contribution >= 4 is 10.0 Å². The van der Waals surface area contributed by atoms with E-state index < -0.39 is 10.0 Å². The summed E-state index contributed by atoms with van der Waals surface area (Å²) in [6.45, 7) is 3.52. The van der Waals surface area contributed by atoms with Crippen molar-refractivity contribution in [1.82, 2.24) is 9.62 Å². The summed E-state index contributed by atoms with van der Waals surface area (Å²) in [6, 6.07) is 0. The van der Waals surface area contributed by atoms with E-state index in [9.17, 15) is 8.42 Å². The lowest BCUT2D eigenvalue weighted by molar-refractivity contribution is 0.438. The summed E-state index contributed by atoms with van der Waals surface area (Å²) in [5, 5.41) is 3.27. The van der Waals surface area contributed by atoms with Crippen LogP contribution in [0, 0.1) is 11.8 Å². The number of hydrogen-bond donors (Lipinski definition) is 1. The third kappa shape index (κ3) is 1.69. The van der Waals surface area contributed by atoms with Gasteiger partial charge in [0.1, 0.15) is 0 Å². The molecule has 0 radical (unpaired) electrons. The van der Waals surface area contributed by atoms with Gasteiger partial charge in [0.05, 0.1) is 5.25 Å². The zero-order valence-corrected chi connectivity index (χ0v) is 10.4. The molecule has 2 atom stereocenters. The topological polar surface area (TPSA) is 49.4 Å². The van der Waals surface area contributed by atoms with E-state index in [0.717, 1.165) is 51.9 Å². The summed E-state index contributed by atoms with van der Waals surface area (Å²) in [5.74, 6) is 1.13. The maximum atomic E-state index is 12.4. The average molecular weight is 244 g/mol. The number of sulfonamides is 1. The monoisotopic (exact) mass is 244 g/mol. The molecule has 0 aromatic heterocycles. The summed E-state index contributed by atoms with van der Waals surface area (Å²) in [7, 11) is -2.97. The molecule has 0 bridgehead atoms. The Morgan fingerprint density at radius 2 is 1.56 bits per heavy atom. The fourth-order valence-corrected chi connectivity index (χ4v) is 5.57. The lowest BCUT2D eigenvalue weighted by Crippen LogP contribution is -2.37. The van der Waals surface area contributed by atoms with E-state index in [1.165, 1.54) is 0 Å². The zero-order valence-electron chi connectivity index (χ0n) is 9.56. The van der Waals surface area contributed by atoms with Gasteiger partial charge < -0.3 is 5.32 Å². The van der Waals surface area contributed by atoms with Crippen LogP contribution in [0.4, 0.5) is 0 Å². The van der Waals surface area contributed by atoms with Crippen molar-refractivity contribution in [3.63, 3.8) is 0 Å². The number of hydrogen-bond acceptors (Lipinski definition) is 3. The molecule has 2 saturated heterocycles. The van der Waals surface area contributed by atoms with Gasteiger partial charge in [-0.1, -0.05) is 12.8 Å². The van der Waals surface area contributed by atoms with Gasteiger partial charge in [-0.15, -0.1) is 0 Å². The van der Waals surface area contributed by atoms with Gasteiger partial charge in [-0.3, -0.25) is 0 Å². The summed E-state index contributed by atoms with van der Waals surface area (Å²) < 4.78 is 26.5. The fourth-order valence-electron chi connectivity index (χ4n) is 3.42. The van der Waals surface area contributed by atoms with Crippen molar-refractivity contribution in [2.24, 2.45) is 11.8 Å². The van der Waals surface area contributed by atoms with Gasteiger partial charge >= 0.3 is 0 Å². The average Bonchev–Trinajstić information content (AvgIpc) is 2.94. The Kier molecular flexibility index (Phi) is 2.72. The van der Waals surface area contributed by atoms with Crippen LogP contribution < -0.4 is 5.32 Å². The van der Waals surface area contributed by atoms with Crippen molar-refractivity contribution in [2.75, 3.05) is 26.2 Å². The Morgan fingerprint density at radius 1 is 1.00 bits per heavy atom. The van der Waals surface area contributed by atoms with Crippen molar-refractivity contribution in [1.29, 1.82) is 0 Å². The van der Waals surface area contributed by atoms with Crippen LogP contribution in [0.1, 0.15) is 25.7 Å². The molecule has 92 valence electrons. The summed E-state index contributed by atoms with van der Waals surface area (Å²) in [6.07, 6.45) is 3.94. The minimum Gasteiger partial charge on any atom is -0.316 e. The molecule has 0 spiro atoms. The van der Waals surface area contributed by atoms with Gasteiger partial charge in [-0.05, 0) is 37.8 Å². The van der Waals surface area contributed by atoms with E-state index in [1.807, 2.05) is 0 Å².